The standard InChI is InChI=1S/C14H17FN2/c1-8(2)11-7-10-5-6-12(15)9(3)13(10)17-14(11)16-4/h5-8H,1-4H3,(H,16,17). The van der Waals surface area contributed by atoms with Crippen molar-refractivity contribution < 1.29 is 4.39 Å². The van der Waals surface area contributed by atoms with Gasteiger partial charge in [-0.3, -0.25) is 0 Å². The molecular weight excluding hydrogens is 215 g/mol. The van der Waals surface area contributed by atoms with Crippen LogP contribution in [-0.2, 0) is 0 Å². The molecule has 2 nitrogen and oxygen atoms in total. The number of pyridine rings is 1. The van der Waals surface area contributed by atoms with E-state index in [1.165, 1.54) is 6.07 Å². The van der Waals surface area contributed by atoms with Gasteiger partial charge in [0.15, 0.2) is 0 Å². The van der Waals surface area contributed by atoms with Gasteiger partial charge in [0, 0.05) is 18.0 Å². The first-order valence-electron chi connectivity index (χ1n) is 5.82. The molecule has 2 aromatic rings. The van der Waals surface area contributed by atoms with Crippen molar-refractivity contribution >= 4 is 16.7 Å². The number of halogens is 1. The lowest BCUT2D eigenvalue weighted by molar-refractivity contribution is 0.620. The SMILES string of the molecule is CNc1nc2c(C)c(F)ccc2cc1C(C)C. The fourth-order valence-corrected chi connectivity index (χ4v) is 2.01. The molecule has 1 aromatic heterocycles. The Labute approximate surface area is 101 Å². The highest BCUT2D eigenvalue weighted by atomic mass is 19.1. The molecule has 0 aliphatic carbocycles. The summed E-state index contributed by atoms with van der Waals surface area (Å²) in [6.45, 7) is 6.01. The third-order valence-electron chi connectivity index (χ3n) is 3.06. The highest BCUT2D eigenvalue weighted by Gasteiger charge is 2.11. The average molecular weight is 232 g/mol. The highest BCUT2D eigenvalue weighted by molar-refractivity contribution is 5.84. The summed E-state index contributed by atoms with van der Waals surface area (Å²) in [6.07, 6.45) is 0. The number of nitrogens with one attached hydrogen (secondary N) is 1. The van der Waals surface area contributed by atoms with Crippen molar-refractivity contribution in [2.75, 3.05) is 12.4 Å². The van der Waals surface area contributed by atoms with Crippen LogP contribution >= 0.6 is 0 Å². The minimum absolute atomic E-state index is 0.204. The zero-order chi connectivity index (χ0) is 12.6. The minimum Gasteiger partial charge on any atom is -0.373 e. The summed E-state index contributed by atoms with van der Waals surface area (Å²) in [5, 5.41) is 4.07. The number of fused-ring (bicyclic) bond motifs is 1. The Bertz CT molecular complexity index is 562. The monoisotopic (exact) mass is 232 g/mol. The Morgan fingerprint density at radius 2 is 2.00 bits per heavy atom. The normalized spacial score (nSPS) is 11.2. The van der Waals surface area contributed by atoms with Gasteiger partial charge in [-0.2, -0.15) is 0 Å². The third kappa shape index (κ3) is 1.97. The molecule has 1 heterocycles. The molecule has 0 aliphatic heterocycles. The summed E-state index contributed by atoms with van der Waals surface area (Å²) in [4.78, 5) is 4.52. The van der Waals surface area contributed by atoms with E-state index in [0.717, 1.165) is 22.3 Å². The molecule has 0 amide bonds. The van der Waals surface area contributed by atoms with Gasteiger partial charge in [-0.05, 0) is 36.6 Å². The maximum absolute atomic E-state index is 13.5. The van der Waals surface area contributed by atoms with E-state index in [4.69, 9.17) is 0 Å². The number of hydrogen-bond acceptors (Lipinski definition) is 2. The first-order chi connectivity index (χ1) is 8.04. The largest absolute Gasteiger partial charge is 0.373 e. The number of nitrogens with zero attached hydrogens (tertiary/aromatic N) is 1. The van der Waals surface area contributed by atoms with Crippen molar-refractivity contribution in [2.45, 2.75) is 26.7 Å². The lowest BCUT2D eigenvalue weighted by Crippen LogP contribution is -2.02. The zero-order valence-corrected chi connectivity index (χ0v) is 10.6. The Balaban J connectivity index is 2.78. The molecule has 90 valence electrons. The molecule has 0 saturated carbocycles. The van der Waals surface area contributed by atoms with Crippen LogP contribution in [0.15, 0.2) is 18.2 Å². The first-order valence-corrected chi connectivity index (χ1v) is 5.82. The third-order valence-corrected chi connectivity index (χ3v) is 3.06. The van der Waals surface area contributed by atoms with Crippen LogP contribution in [-0.4, -0.2) is 12.0 Å². The molecule has 1 N–H and O–H groups in total. The van der Waals surface area contributed by atoms with Gasteiger partial charge in [-0.15, -0.1) is 0 Å². The zero-order valence-electron chi connectivity index (χ0n) is 10.6. The summed E-state index contributed by atoms with van der Waals surface area (Å²) in [7, 11) is 1.84. The molecule has 0 radical (unpaired) electrons. The highest BCUT2D eigenvalue weighted by Crippen LogP contribution is 2.28. The van der Waals surface area contributed by atoms with Gasteiger partial charge in [-0.25, -0.2) is 9.37 Å². The van der Waals surface area contributed by atoms with Crippen LogP contribution in [0.2, 0.25) is 0 Å². The molecule has 0 unspecified atom stereocenters. The quantitative estimate of drug-likeness (QED) is 0.850. The van der Waals surface area contributed by atoms with Crippen molar-refractivity contribution in [1.29, 1.82) is 0 Å². The molecule has 0 saturated heterocycles. The van der Waals surface area contributed by atoms with E-state index in [1.807, 2.05) is 7.05 Å². The lowest BCUT2D eigenvalue weighted by atomic mass is 10.0. The number of aryl methyl sites for hydroxylation is 1. The summed E-state index contributed by atoms with van der Waals surface area (Å²) >= 11 is 0. The van der Waals surface area contributed by atoms with Crippen LogP contribution in [0.1, 0.15) is 30.9 Å². The van der Waals surface area contributed by atoms with E-state index < -0.39 is 0 Å². The van der Waals surface area contributed by atoms with Crippen molar-refractivity contribution in [1.82, 2.24) is 4.98 Å². The first kappa shape index (κ1) is 11.8. The number of anilines is 1. The van der Waals surface area contributed by atoms with Crippen LogP contribution in [0.5, 0.6) is 0 Å². The molecule has 0 fully saturated rings. The van der Waals surface area contributed by atoms with Crippen LogP contribution in [0, 0.1) is 12.7 Å². The Hall–Kier alpha value is -1.64. The average Bonchev–Trinajstić information content (AvgIpc) is 2.32. The number of hydrogen-bond donors (Lipinski definition) is 1. The summed E-state index contributed by atoms with van der Waals surface area (Å²) < 4.78 is 13.5. The molecule has 17 heavy (non-hydrogen) atoms. The maximum atomic E-state index is 13.5. The topological polar surface area (TPSA) is 24.9 Å². The van der Waals surface area contributed by atoms with E-state index in [0.29, 0.717) is 11.5 Å². The Kier molecular flexibility index (Phi) is 3.01. The second-order valence-electron chi connectivity index (χ2n) is 4.58. The molecule has 0 aliphatic rings. The Morgan fingerprint density at radius 1 is 1.29 bits per heavy atom. The van der Waals surface area contributed by atoms with Crippen molar-refractivity contribution in [3.05, 3.63) is 35.1 Å². The number of benzene rings is 1. The van der Waals surface area contributed by atoms with E-state index >= 15 is 0 Å². The van der Waals surface area contributed by atoms with Crippen molar-refractivity contribution in [3.63, 3.8) is 0 Å². The van der Waals surface area contributed by atoms with Crippen LogP contribution in [0.25, 0.3) is 10.9 Å². The van der Waals surface area contributed by atoms with Crippen LogP contribution in [0.4, 0.5) is 10.2 Å². The minimum atomic E-state index is -0.204. The summed E-state index contributed by atoms with van der Waals surface area (Å²) in [5.74, 6) is 1.02. The van der Waals surface area contributed by atoms with E-state index in [1.54, 1.807) is 13.0 Å². The van der Waals surface area contributed by atoms with Crippen LogP contribution < -0.4 is 5.32 Å². The summed E-state index contributed by atoms with van der Waals surface area (Å²) in [5.41, 5.74) is 2.50. The van der Waals surface area contributed by atoms with Gasteiger partial charge in [-0.1, -0.05) is 13.8 Å². The second-order valence-corrected chi connectivity index (χ2v) is 4.58. The number of rotatable bonds is 2. The molecule has 0 spiro atoms. The maximum Gasteiger partial charge on any atom is 0.129 e. The molecule has 0 atom stereocenters. The molecule has 3 heteroatoms. The van der Waals surface area contributed by atoms with Gasteiger partial charge >= 0.3 is 0 Å². The Morgan fingerprint density at radius 3 is 2.59 bits per heavy atom. The number of aromatic nitrogens is 1. The van der Waals surface area contributed by atoms with E-state index in [2.05, 4.69) is 30.2 Å². The molecule has 2 rings (SSSR count). The van der Waals surface area contributed by atoms with Gasteiger partial charge in [0.05, 0.1) is 5.52 Å². The molecule has 0 bridgehead atoms. The van der Waals surface area contributed by atoms with Gasteiger partial charge in [0.2, 0.25) is 0 Å². The lowest BCUT2D eigenvalue weighted by Gasteiger charge is -2.14. The predicted molar refractivity (Wildman–Crippen MR) is 70.1 cm³/mol. The van der Waals surface area contributed by atoms with Crippen LogP contribution in [0.3, 0.4) is 0 Å². The molecule has 1 aromatic carbocycles. The van der Waals surface area contributed by atoms with E-state index in [9.17, 15) is 4.39 Å². The predicted octanol–water partition coefficient (Wildman–Crippen LogP) is 3.85. The van der Waals surface area contributed by atoms with Crippen molar-refractivity contribution in [2.24, 2.45) is 0 Å². The second kappa shape index (κ2) is 4.32. The fraction of sp³-hybridized carbons (Fsp3) is 0.357. The van der Waals surface area contributed by atoms with E-state index in [-0.39, 0.29) is 5.82 Å². The van der Waals surface area contributed by atoms with Crippen molar-refractivity contribution in [3.8, 4) is 0 Å². The van der Waals surface area contributed by atoms with Gasteiger partial charge in [0.25, 0.3) is 0 Å². The summed E-state index contributed by atoms with van der Waals surface area (Å²) in [6, 6.07) is 5.38. The smallest absolute Gasteiger partial charge is 0.129 e. The molecular formula is C14H17FN2. The van der Waals surface area contributed by atoms with Gasteiger partial charge in [0.1, 0.15) is 11.6 Å². The van der Waals surface area contributed by atoms with Gasteiger partial charge < -0.3 is 5.32 Å². The fourth-order valence-electron chi connectivity index (χ4n) is 2.01.